The van der Waals surface area contributed by atoms with Gasteiger partial charge in [0.15, 0.2) is 0 Å². The van der Waals surface area contributed by atoms with Crippen LogP contribution in [0.1, 0.15) is 10.5 Å². The summed E-state index contributed by atoms with van der Waals surface area (Å²) in [4.78, 5) is 11.3. The number of hydrogen-bond donors (Lipinski definition) is 0. The Morgan fingerprint density at radius 2 is 2.62 bits per heavy atom. The summed E-state index contributed by atoms with van der Waals surface area (Å²) in [6.45, 7) is 4.07. The lowest BCUT2D eigenvalue weighted by atomic mass is 10.3. The third-order valence-corrected chi connectivity index (χ3v) is 1.48. The highest BCUT2D eigenvalue weighted by molar-refractivity contribution is 5.95. The molecule has 0 spiro atoms. The number of rotatable bonds is 5. The van der Waals surface area contributed by atoms with Crippen molar-refractivity contribution >= 4 is 5.78 Å². The first-order chi connectivity index (χ1) is 6.29. The van der Waals surface area contributed by atoms with Gasteiger partial charge in [-0.1, -0.05) is 11.3 Å². The van der Waals surface area contributed by atoms with Crippen LogP contribution in [-0.4, -0.2) is 34.5 Å². The Labute approximate surface area is 76.0 Å². The largest absolute Gasteiger partial charge is 0.376 e. The third-order valence-electron chi connectivity index (χ3n) is 1.48. The van der Waals surface area contributed by atoms with Gasteiger partial charge in [0.25, 0.3) is 0 Å². The minimum atomic E-state index is -0.130. The number of aromatic nitrogens is 3. The first kappa shape index (κ1) is 9.60. The van der Waals surface area contributed by atoms with Crippen molar-refractivity contribution < 1.29 is 9.53 Å². The van der Waals surface area contributed by atoms with Gasteiger partial charge in [-0.3, -0.25) is 4.79 Å². The molecule has 0 amide bonds. The Hall–Kier alpha value is -1.49. The molecule has 1 heterocycles. The molecule has 0 aliphatic carbocycles. The Kier molecular flexibility index (Phi) is 3.33. The molecule has 0 atom stereocenters. The van der Waals surface area contributed by atoms with Crippen molar-refractivity contribution in [3.05, 3.63) is 24.5 Å². The van der Waals surface area contributed by atoms with Gasteiger partial charge in [0.05, 0.1) is 12.7 Å². The minimum Gasteiger partial charge on any atom is -0.376 e. The fourth-order valence-electron chi connectivity index (χ4n) is 0.936. The van der Waals surface area contributed by atoms with E-state index in [1.165, 1.54) is 18.0 Å². The number of allylic oxidation sites excluding steroid dienone is 1. The van der Waals surface area contributed by atoms with Crippen molar-refractivity contribution in [2.75, 3.05) is 13.7 Å². The highest BCUT2D eigenvalue weighted by Gasteiger charge is 2.11. The summed E-state index contributed by atoms with van der Waals surface area (Å²) < 4.78 is 6.20. The van der Waals surface area contributed by atoms with E-state index in [1.54, 1.807) is 6.08 Å². The molecule has 1 aromatic heterocycles. The average Bonchev–Trinajstić information content (AvgIpc) is 2.54. The fourth-order valence-corrected chi connectivity index (χ4v) is 0.936. The van der Waals surface area contributed by atoms with Crippen LogP contribution in [0.5, 0.6) is 0 Å². The van der Waals surface area contributed by atoms with E-state index in [2.05, 4.69) is 16.9 Å². The van der Waals surface area contributed by atoms with E-state index in [1.807, 2.05) is 0 Å². The maximum Gasteiger partial charge on any atom is 0.208 e. The predicted octanol–water partition coefficient (Wildman–Crippen LogP) is 0.293. The zero-order chi connectivity index (χ0) is 9.68. The number of nitrogens with zero attached hydrogens (tertiary/aromatic N) is 3. The van der Waals surface area contributed by atoms with Gasteiger partial charge in [0.1, 0.15) is 12.3 Å². The molecule has 0 radical (unpaired) electrons. The van der Waals surface area contributed by atoms with Crippen molar-refractivity contribution in [3.63, 3.8) is 0 Å². The molecule has 5 heteroatoms. The number of methoxy groups -OCH3 is 1. The zero-order valence-electron chi connectivity index (χ0n) is 7.43. The van der Waals surface area contributed by atoms with Gasteiger partial charge in [-0.2, -0.15) is 0 Å². The van der Waals surface area contributed by atoms with Gasteiger partial charge in [-0.05, 0) is 0 Å². The molecule has 13 heavy (non-hydrogen) atoms. The predicted molar refractivity (Wildman–Crippen MR) is 46.4 cm³/mol. The molecule has 0 aliphatic heterocycles. The monoisotopic (exact) mass is 181 g/mol. The lowest BCUT2D eigenvalue weighted by Crippen LogP contribution is -2.14. The highest BCUT2D eigenvalue weighted by atomic mass is 16.5. The number of Topliss-reactive ketones (excluding diaryl/α,β-unsaturated/α-hetero) is 1. The van der Waals surface area contributed by atoms with E-state index < -0.39 is 0 Å². The number of hydrogen-bond acceptors (Lipinski definition) is 4. The average molecular weight is 181 g/mol. The molecule has 1 rings (SSSR count). The number of carbonyl (C=O) groups excluding carboxylic acids is 1. The van der Waals surface area contributed by atoms with E-state index >= 15 is 0 Å². The molecule has 0 unspecified atom stereocenters. The summed E-state index contributed by atoms with van der Waals surface area (Å²) in [6, 6.07) is 0. The van der Waals surface area contributed by atoms with Gasteiger partial charge in [-0.15, -0.1) is 11.7 Å². The van der Waals surface area contributed by atoms with Crippen molar-refractivity contribution in [1.82, 2.24) is 15.0 Å². The van der Waals surface area contributed by atoms with E-state index in [9.17, 15) is 4.79 Å². The summed E-state index contributed by atoms with van der Waals surface area (Å²) >= 11 is 0. The minimum absolute atomic E-state index is 0.0461. The number of ketones is 1. The number of carbonyl (C=O) groups is 1. The SMILES string of the molecule is C=CCn1nncc1C(=O)COC. The second-order valence-electron chi connectivity index (χ2n) is 2.45. The summed E-state index contributed by atoms with van der Waals surface area (Å²) in [5, 5.41) is 7.36. The summed E-state index contributed by atoms with van der Waals surface area (Å²) in [6.07, 6.45) is 3.07. The molecule has 0 bridgehead atoms. The Morgan fingerprint density at radius 3 is 3.23 bits per heavy atom. The normalized spacial score (nSPS) is 9.92. The van der Waals surface area contributed by atoms with Gasteiger partial charge < -0.3 is 4.74 Å². The summed E-state index contributed by atoms with van der Waals surface area (Å²) in [5.74, 6) is -0.130. The first-order valence-electron chi connectivity index (χ1n) is 3.81. The smallest absolute Gasteiger partial charge is 0.208 e. The van der Waals surface area contributed by atoms with Gasteiger partial charge in [0, 0.05) is 7.11 Å². The van der Waals surface area contributed by atoms with Gasteiger partial charge in [-0.25, -0.2) is 4.68 Å². The zero-order valence-corrected chi connectivity index (χ0v) is 7.43. The van der Waals surface area contributed by atoms with E-state index in [4.69, 9.17) is 4.74 Å². The molecule has 0 saturated carbocycles. The van der Waals surface area contributed by atoms with E-state index in [0.29, 0.717) is 12.2 Å². The molecule has 0 saturated heterocycles. The topological polar surface area (TPSA) is 57.0 Å². The molecule has 1 aromatic rings. The molecule has 0 aromatic carbocycles. The standard InChI is InChI=1S/C8H11N3O2/c1-3-4-11-7(5-9-10-11)8(12)6-13-2/h3,5H,1,4,6H2,2H3. The lowest BCUT2D eigenvalue weighted by molar-refractivity contribution is 0.0837. The lowest BCUT2D eigenvalue weighted by Gasteiger charge is -2.00. The van der Waals surface area contributed by atoms with Crippen molar-refractivity contribution in [1.29, 1.82) is 0 Å². The quantitative estimate of drug-likeness (QED) is 0.484. The fraction of sp³-hybridized carbons (Fsp3) is 0.375. The van der Waals surface area contributed by atoms with Crippen LogP contribution in [0, 0.1) is 0 Å². The van der Waals surface area contributed by atoms with E-state index in [-0.39, 0.29) is 12.4 Å². The van der Waals surface area contributed by atoms with Crippen LogP contribution in [0.3, 0.4) is 0 Å². The van der Waals surface area contributed by atoms with Crippen LogP contribution < -0.4 is 0 Å². The molecule has 0 fully saturated rings. The van der Waals surface area contributed by atoms with Crippen LogP contribution >= 0.6 is 0 Å². The van der Waals surface area contributed by atoms with Crippen LogP contribution in [0.4, 0.5) is 0 Å². The van der Waals surface area contributed by atoms with Crippen LogP contribution in [-0.2, 0) is 11.3 Å². The number of ether oxygens (including phenoxy) is 1. The highest BCUT2D eigenvalue weighted by Crippen LogP contribution is 1.98. The second kappa shape index (κ2) is 4.51. The van der Waals surface area contributed by atoms with Crippen LogP contribution in [0.2, 0.25) is 0 Å². The molecule has 5 nitrogen and oxygen atoms in total. The Morgan fingerprint density at radius 1 is 1.85 bits per heavy atom. The summed E-state index contributed by atoms with van der Waals surface area (Å²) in [7, 11) is 1.47. The molecule has 0 aliphatic rings. The van der Waals surface area contributed by atoms with Crippen molar-refractivity contribution in [2.45, 2.75) is 6.54 Å². The van der Waals surface area contributed by atoms with Crippen LogP contribution in [0.25, 0.3) is 0 Å². The Bertz CT molecular complexity index is 306. The molecule has 0 N–H and O–H groups in total. The first-order valence-corrected chi connectivity index (χ1v) is 3.81. The van der Waals surface area contributed by atoms with Gasteiger partial charge >= 0.3 is 0 Å². The molecular weight excluding hydrogens is 170 g/mol. The van der Waals surface area contributed by atoms with Crippen molar-refractivity contribution in [2.24, 2.45) is 0 Å². The van der Waals surface area contributed by atoms with Crippen LogP contribution in [0.15, 0.2) is 18.9 Å². The van der Waals surface area contributed by atoms with Crippen molar-refractivity contribution in [3.8, 4) is 0 Å². The van der Waals surface area contributed by atoms with E-state index in [0.717, 1.165) is 0 Å². The summed E-state index contributed by atoms with van der Waals surface area (Å²) in [5.41, 5.74) is 0.446. The Balaban J connectivity index is 2.80. The third kappa shape index (κ3) is 2.22. The second-order valence-corrected chi connectivity index (χ2v) is 2.45. The maximum atomic E-state index is 11.3. The molecule has 70 valence electrons. The molecular formula is C8H11N3O2. The van der Waals surface area contributed by atoms with Gasteiger partial charge in [0.2, 0.25) is 5.78 Å². The maximum absolute atomic E-state index is 11.3.